The van der Waals surface area contributed by atoms with Gasteiger partial charge in [-0.15, -0.1) is 0 Å². The number of H-pyrrole nitrogens is 1. The molecule has 0 aliphatic rings. The van der Waals surface area contributed by atoms with Crippen LogP contribution < -0.4 is 9.47 Å². The third-order valence-electron chi connectivity index (χ3n) is 4.67. The number of halogens is 2. The molecule has 0 unspecified atom stereocenters. The van der Waals surface area contributed by atoms with Crippen LogP contribution in [0.5, 0.6) is 11.5 Å². The Morgan fingerprint density at radius 3 is 2.77 bits per heavy atom. The molecule has 31 heavy (non-hydrogen) atoms. The van der Waals surface area contributed by atoms with E-state index in [0.29, 0.717) is 28.8 Å². The van der Waals surface area contributed by atoms with Gasteiger partial charge in [0.2, 0.25) is 0 Å². The van der Waals surface area contributed by atoms with Gasteiger partial charge in [-0.05, 0) is 57.9 Å². The smallest absolute Gasteiger partial charge is 0.149 e. The molecule has 0 atom stereocenters. The minimum atomic E-state index is 0.360. The summed E-state index contributed by atoms with van der Waals surface area (Å²) in [6.45, 7) is 0.360. The lowest BCUT2D eigenvalue weighted by Gasteiger charge is -2.10. The van der Waals surface area contributed by atoms with Gasteiger partial charge in [-0.1, -0.05) is 35.9 Å². The van der Waals surface area contributed by atoms with Crippen LogP contribution in [0.4, 0.5) is 0 Å². The van der Waals surface area contributed by atoms with Gasteiger partial charge in [-0.25, -0.2) is 4.98 Å². The first-order valence-electron chi connectivity index (χ1n) is 9.39. The minimum Gasteiger partial charge on any atom is -0.497 e. The molecule has 0 fully saturated rings. The largest absolute Gasteiger partial charge is 0.497 e. The van der Waals surface area contributed by atoms with Crippen molar-refractivity contribution in [2.75, 3.05) is 7.11 Å². The first-order valence-corrected chi connectivity index (χ1v) is 10.6. The molecule has 0 aliphatic heterocycles. The van der Waals surface area contributed by atoms with Crippen molar-refractivity contribution in [3.05, 3.63) is 87.1 Å². The summed E-state index contributed by atoms with van der Waals surface area (Å²) in [4.78, 5) is 7.70. The van der Waals surface area contributed by atoms with Crippen molar-refractivity contribution < 1.29 is 9.47 Å². The number of ether oxygens (including phenoxy) is 2. The second-order valence-corrected chi connectivity index (χ2v) is 7.97. The van der Waals surface area contributed by atoms with Gasteiger partial charge >= 0.3 is 0 Å². The predicted octanol–water partition coefficient (Wildman–Crippen LogP) is 6.63. The average Bonchev–Trinajstić information content (AvgIpc) is 3.21. The van der Waals surface area contributed by atoms with Crippen molar-refractivity contribution in [1.82, 2.24) is 9.97 Å². The molecule has 0 aliphatic carbocycles. The second-order valence-electron chi connectivity index (χ2n) is 6.71. The molecule has 5 nitrogen and oxygen atoms in total. The van der Waals surface area contributed by atoms with E-state index >= 15 is 0 Å². The summed E-state index contributed by atoms with van der Waals surface area (Å²) in [5.74, 6) is 1.91. The third-order valence-corrected chi connectivity index (χ3v) is 5.66. The first kappa shape index (κ1) is 21.0. The van der Waals surface area contributed by atoms with Crippen LogP contribution in [0.25, 0.3) is 22.7 Å². The number of nitrogens with zero attached hydrogens (tertiary/aromatic N) is 2. The van der Waals surface area contributed by atoms with Gasteiger partial charge in [0.15, 0.2) is 0 Å². The zero-order valence-electron chi connectivity index (χ0n) is 16.5. The van der Waals surface area contributed by atoms with Gasteiger partial charge in [0.25, 0.3) is 0 Å². The highest BCUT2D eigenvalue weighted by atomic mass is 79.9. The average molecular weight is 495 g/mol. The standard InChI is InChI=1S/C24H17BrClN3O2/c1-30-18-7-8-21-22(12-18)29-24(28-21)17(13-27)10-15-6-9-23(19(25)11-15)31-14-16-4-2-3-5-20(16)26/h2-12H,14H2,1H3,(H,28,29)/b17-10-. The van der Waals surface area contributed by atoms with Crippen molar-refractivity contribution in [2.45, 2.75) is 6.61 Å². The Kier molecular flexibility index (Phi) is 6.26. The van der Waals surface area contributed by atoms with E-state index in [1.807, 2.05) is 60.7 Å². The van der Waals surface area contributed by atoms with Crippen LogP contribution in [-0.4, -0.2) is 17.1 Å². The molecule has 0 radical (unpaired) electrons. The van der Waals surface area contributed by atoms with Crippen LogP contribution in [0.2, 0.25) is 5.02 Å². The molecule has 0 spiro atoms. The molecule has 0 saturated carbocycles. The van der Waals surface area contributed by atoms with E-state index in [1.165, 1.54) is 0 Å². The van der Waals surface area contributed by atoms with Gasteiger partial charge in [0, 0.05) is 16.7 Å². The number of benzene rings is 3. The fourth-order valence-electron chi connectivity index (χ4n) is 3.06. The SMILES string of the molecule is COc1ccc2nc(/C(C#N)=C\c3ccc(OCc4ccccc4Cl)c(Br)c3)[nH]c2c1. The van der Waals surface area contributed by atoms with Crippen molar-refractivity contribution in [3.63, 3.8) is 0 Å². The molecule has 154 valence electrons. The van der Waals surface area contributed by atoms with Crippen LogP contribution >= 0.6 is 27.5 Å². The van der Waals surface area contributed by atoms with Crippen LogP contribution in [0.3, 0.4) is 0 Å². The zero-order valence-corrected chi connectivity index (χ0v) is 18.9. The van der Waals surface area contributed by atoms with Crippen LogP contribution in [0.15, 0.2) is 65.1 Å². The Hall–Kier alpha value is -3.27. The Morgan fingerprint density at radius 1 is 1.19 bits per heavy atom. The summed E-state index contributed by atoms with van der Waals surface area (Å²) in [5.41, 5.74) is 3.74. The first-order chi connectivity index (χ1) is 15.1. The summed E-state index contributed by atoms with van der Waals surface area (Å²) >= 11 is 9.73. The maximum atomic E-state index is 9.67. The highest BCUT2D eigenvalue weighted by Gasteiger charge is 2.10. The molecule has 1 aromatic heterocycles. The lowest BCUT2D eigenvalue weighted by atomic mass is 10.1. The van der Waals surface area contributed by atoms with Gasteiger partial charge in [0.05, 0.1) is 28.2 Å². The lowest BCUT2D eigenvalue weighted by molar-refractivity contribution is 0.304. The fraction of sp³-hybridized carbons (Fsp3) is 0.0833. The van der Waals surface area contributed by atoms with Gasteiger partial charge in [-0.2, -0.15) is 5.26 Å². The quantitative estimate of drug-likeness (QED) is 0.305. The molecule has 1 heterocycles. The number of nitriles is 1. The van der Waals surface area contributed by atoms with E-state index in [2.05, 4.69) is 32.0 Å². The topological polar surface area (TPSA) is 70.9 Å². The normalized spacial score (nSPS) is 11.4. The Morgan fingerprint density at radius 2 is 2.03 bits per heavy atom. The number of hydrogen-bond acceptors (Lipinski definition) is 4. The molecule has 0 amide bonds. The summed E-state index contributed by atoms with van der Waals surface area (Å²) in [5, 5.41) is 10.3. The van der Waals surface area contributed by atoms with Gasteiger partial charge < -0.3 is 14.5 Å². The van der Waals surface area contributed by atoms with Gasteiger partial charge in [-0.3, -0.25) is 0 Å². The second kappa shape index (κ2) is 9.25. The number of rotatable bonds is 6. The third kappa shape index (κ3) is 4.74. The van der Waals surface area contributed by atoms with Crippen LogP contribution in [0, 0.1) is 11.3 Å². The van der Waals surface area contributed by atoms with E-state index < -0.39 is 0 Å². The predicted molar refractivity (Wildman–Crippen MR) is 126 cm³/mol. The van der Waals surface area contributed by atoms with Crippen LogP contribution in [-0.2, 0) is 6.61 Å². The number of hydrogen-bond donors (Lipinski definition) is 1. The number of nitrogens with one attached hydrogen (secondary N) is 1. The summed E-state index contributed by atoms with van der Waals surface area (Å²) in [6.07, 6.45) is 1.78. The Bertz CT molecular complexity index is 1320. The van der Waals surface area contributed by atoms with E-state index in [-0.39, 0.29) is 0 Å². The van der Waals surface area contributed by atoms with Crippen molar-refractivity contribution >= 4 is 50.2 Å². The number of fused-ring (bicyclic) bond motifs is 1. The van der Waals surface area contributed by atoms with E-state index in [4.69, 9.17) is 21.1 Å². The van der Waals surface area contributed by atoms with Crippen molar-refractivity contribution in [2.24, 2.45) is 0 Å². The number of methoxy groups -OCH3 is 1. The Labute approximate surface area is 193 Å². The molecule has 4 rings (SSSR count). The van der Waals surface area contributed by atoms with E-state index in [9.17, 15) is 5.26 Å². The minimum absolute atomic E-state index is 0.360. The zero-order chi connectivity index (χ0) is 21.8. The summed E-state index contributed by atoms with van der Waals surface area (Å²) in [7, 11) is 1.61. The lowest BCUT2D eigenvalue weighted by Crippen LogP contribution is -1.97. The number of allylic oxidation sites excluding steroid dienone is 1. The van der Waals surface area contributed by atoms with Crippen LogP contribution in [0.1, 0.15) is 17.0 Å². The highest BCUT2D eigenvalue weighted by Crippen LogP contribution is 2.29. The summed E-state index contributed by atoms with van der Waals surface area (Å²) < 4.78 is 11.9. The molecule has 3 aromatic carbocycles. The molecule has 0 bridgehead atoms. The number of aromatic amines is 1. The van der Waals surface area contributed by atoms with Crippen molar-refractivity contribution in [1.29, 1.82) is 5.26 Å². The molecule has 1 N–H and O–H groups in total. The Balaban J connectivity index is 1.56. The fourth-order valence-corrected chi connectivity index (χ4v) is 3.76. The van der Waals surface area contributed by atoms with E-state index in [1.54, 1.807) is 13.2 Å². The van der Waals surface area contributed by atoms with E-state index in [0.717, 1.165) is 32.4 Å². The number of imidazole rings is 1. The summed E-state index contributed by atoms with van der Waals surface area (Å²) in [6, 6.07) is 21.0. The van der Waals surface area contributed by atoms with Gasteiger partial charge in [0.1, 0.15) is 30.0 Å². The molecule has 7 heteroatoms. The monoisotopic (exact) mass is 493 g/mol. The highest BCUT2D eigenvalue weighted by molar-refractivity contribution is 9.10. The molecular formula is C24H17BrClN3O2. The molecular weight excluding hydrogens is 478 g/mol. The van der Waals surface area contributed by atoms with Crippen molar-refractivity contribution in [3.8, 4) is 17.6 Å². The molecule has 4 aromatic rings. The maximum absolute atomic E-state index is 9.67. The number of aromatic nitrogens is 2. The maximum Gasteiger partial charge on any atom is 0.149 e. The molecule has 0 saturated heterocycles.